The highest BCUT2D eigenvalue weighted by Crippen LogP contribution is 2.47. The number of carbonyl (C=O) groups is 1. The maximum atomic E-state index is 13.7. The molecule has 2 aliphatic heterocycles. The van der Waals surface area contributed by atoms with Gasteiger partial charge in [-0.2, -0.15) is 0 Å². The van der Waals surface area contributed by atoms with Crippen LogP contribution in [0.3, 0.4) is 0 Å². The number of aromatic nitrogens is 1. The van der Waals surface area contributed by atoms with Gasteiger partial charge in [0.25, 0.3) is 11.2 Å². The highest BCUT2D eigenvalue weighted by Gasteiger charge is 2.55. The third-order valence-corrected chi connectivity index (χ3v) is 7.59. The van der Waals surface area contributed by atoms with Crippen LogP contribution in [-0.4, -0.2) is 21.1 Å². The second kappa shape index (κ2) is 8.52. The molecule has 0 spiro atoms. The number of thiazole rings is 1. The maximum absolute atomic E-state index is 13.7. The van der Waals surface area contributed by atoms with Crippen LogP contribution in [0.5, 0.6) is 5.75 Å². The van der Waals surface area contributed by atoms with Crippen molar-refractivity contribution in [2.45, 2.75) is 18.7 Å². The van der Waals surface area contributed by atoms with Gasteiger partial charge in [0.15, 0.2) is 4.80 Å². The number of rotatable bonds is 4. The molecule has 2 bridgehead atoms. The van der Waals surface area contributed by atoms with E-state index in [4.69, 9.17) is 9.73 Å². The van der Waals surface area contributed by atoms with E-state index in [9.17, 15) is 19.7 Å². The number of ether oxygens (including phenoxy) is 1. The third kappa shape index (κ3) is 3.82. The number of para-hydroxylation sites is 2. The van der Waals surface area contributed by atoms with Crippen molar-refractivity contribution in [2.75, 3.05) is 5.32 Å². The van der Waals surface area contributed by atoms with Gasteiger partial charge >= 0.3 is 0 Å². The molecule has 3 atom stereocenters. The lowest BCUT2D eigenvalue weighted by molar-refractivity contribution is -0.384. The van der Waals surface area contributed by atoms with Crippen molar-refractivity contribution in [3.05, 3.63) is 120 Å². The minimum atomic E-state index is -1.24. The molecule has 4 aromatic rings. The number of fused-ring (bicyclic) bond motifs is 6. The number of carbonyl (C=O) groups excluding carboxylic acids is 1. The van der Waals surface area contributed by atoms with Crippen molar-refractivity contribution in [3.63, 3.8) is 0 Å². The van der Waals surface area contributed by atoms with Crippen molar-refractivity contribution in [1.29, 1.82) is 0 Å². The zero-order valence-corrected chi connectivity index (χ0v) is 20.3. The summed E-state index contributed by atoms with van der Waals surface area (Å²) < 4.78 is 8.29. The Morgan fingerprint density at radius 3 is 2.54 bits per heavy atom. The Kier molecular flexibility index (Phi) is 5.27. The largest absolute Gasteiger partial charge is 0.465 e. The van der Waals surface area contributed by atoms with E-state index in [1.807, 2.05) is 42.5 Å². The minimum absolute atomic E-state index is 0.0305. The Morgan fingerprint density at radius 2 is 1.81 bits per heavy atom. The highest BCUT2D eigenvalue weighted by molar-refractivity contribution is 7.07. The summed E-state index contributed by atoms with van der Waals surface area (Å²) in [4.78, 5) is 43.2. The zero-order valence-electron chi connectivity index (χ0n) is 19.5. The number of nitro benzene ring substituents is 1. The maximum Gasteiger partial charge on any atom is 0.270 e. The lowest BCUT2D eigenvalue weighted by Gasteiger charge is -2.45. The first kappa shape index (κ1) is 22.9. The minimum Gasteiger partial charge on any atom is -0.465 e. The molecule has 0 radical (unpaired) electrons. The summed E-state index contributed by atoms with van der Waals surface area (Å²) in [7, 11) is 0. The standard InChI is InChI=1S/C27H20N4O5S/c1-27-22(24(32)28-17-7-3-2-4-8-17)23(19-9-5-6-10-20(19)36-27)30-25(33)21(37-26(30)29-27)15-16-11-13-18(14-12-16)31(34)35/h2-15,22-23H,1H3,(H,28,32)/b21-15+. The van der Waals surface area contributed by atoms with Crippen molar-refractivity contribution in [3.8, 4) is 5.75 Å². The van der Waals surface area contributed by atoms with Crippen molar-refractivity contribution >= 4 is 34.7 Å². The van der Waals surface area contributed by atoms with E-state index in [0.29, 0.717) is 26.3 Å². The molecule has 37 heavy (non-hydrogen) atoms. The average Bonchev–Trinajstić information content (AvgIpc) is 3.17. The molecule has 3 unspecified atom stereocenters. The molecular formula is C27H20N4O5S. The highest BCUT2D eigenvalue weighted by atomic mass is 32.1. The second-order valence-electron chi connectivity index (χ2n) is 9.00. The average molecular weight is 513 g/mol. The van der Waals surface area contributed by atoms with E-state index in [2.05, 4.69) is 5.32 Å². The number of hydrogen-bond donors (Lipinski definition) is 1. The number of nitrogens with zero attached hydrogens (tertiary/aromatic N) is 3. The van der Waals surface area contributed by atoms with Gasteiger partial charge in [0.2, 0.25) is 11.6 Å². The molecule has 3 aromatic carbocycles. The number of non-ortho nitro benzene ring substituents is 1. The first-order valence-corrected chi connectivity index (χ1v) is 12.4. The molecule has 184 valence electrons. The Morgan fingerprint density at radius 1 is 1.11 bits per heavy atom. The molecule has 10 heteroatoms. The summed E-state index contributed by atoms with van der Waals surface area (Å²) in [6, 6.07) is 21.8. The van der Waals surface area contributed by atoms with Crippen LogP contribution in [0.2, 0.25) is 0 Å². The topological polar surface area (TPSA) is 116 Å². The van der Waals surface area contributed by atoms with Crippen LogP contribution in [0, 0.1) is 16.0 Å². The molecule has 6 rings (SSSR count). The number of nitrogens with one attached hydrogen (secondary N) is 1. The summed E-state index contributed by atoms with van der Waals surface area (Å²) in [5.41, 5.74) is 0.454. The van der Waals surface area contributed by atoms with Crippen molar-refractivity contribution in [1.82, 2.24) is 4.57 Å². The predicted molar refractivity (Wildman–Crippen MR) is 138 cm³/mol. The van der Waals surface area contributed by atoms with E-state index >= 15 is 0 Å². The molecular weight excluding hydrogens is 492 g/mol. The summed E-state index contributed by atoms with van der Waals surface area (Å²) >= 11 is 1.20. The van der Waals surface area contributed by atoms with Gasteiger partial charge in [0.1, 0.15) is 11.7 Å². The number of hydrogen-bond acceptors (Lipinski definition) is 7. The van der Waals surface area contributed by atoms with Crippen molar-refractivity contribution in [2.24, 2.45) is 10.9 Å². The lowest BCUT2D eigenvalue weighted by Crippen LogP contribution is -2.59. The van der Waals surface area contributed by atoms with Crippen LogP contribution in [0.15, 0.2) is 88.6 Å². The first-order chi connectivity index (χ1) is 17.8. The Labute approximate surface area is 214 Å². The first-order valence-electron chi connectivity index (χ1n) is 11.6. The Bertz CT molecular complexity index is 1730. The van der Waals surface area contributed by atoms with E-state index in [1.165, 1.54) is 23.5 Å². The normalized spacial score (nSPS) is 21.7. The van der Waals surface area contributed by atoms with Gasteiger partial charge in [-0.25, -0.2) is 4.99 Å². The monoisotopic (exact) mass is 512 g/mol. The van der Waals surface area contributed by atoms with Gasteiger partial charge in [-0.1, -0.05) is 47.7 Å². The fourth-order valence-corrected chi connectivity index (χ4v) is 6.03. The Hall–Kier alpha value is -4.57. The summed E-state index contributed by atoms with van der Waals surface area (Å²) in [5.74, 6) is -0.539. The van der Waals surface area contributed by atoms with Crippen molar-refractivity contribution < 1.29 is 14.5 Å². The molecule has 0 aliphatic carbocycles. The summed E-state index contributed by atoms with van der Waals surface area (Å²) in [5, 5.41) is 13.9. The lowest BCUT2D eigenvalue weighted by atomic mass is 9.80. The number of amides is 1. The summed E-state index contributed by atoms with van der Waals surface area (Å²) in [6.45, 7) is 1.76. The predicted octanol–water partition coefficient (Wildman–Crippen LogP) is 3.23. The molecule has 1 N–H and O–H groups in total. The van der Waals surface area contributed by atoms with Crippen LogP contribution < -0.4 is 24.9 Å². The van der Waals surface area contributed by atoms with Crippen LogP contribution in [0.4, 0.5) is 11.4 Å². The quantitative estimate of drug-likeness (QED) is 0.333. The molecule has 1 amide bonds. The molecule has 9 nitrogen and oxygen atoms in total. The molecule has 0 saturated heterocycles. The van der Waals surface area contributed by atoms with Gasteiger partial charge in [0, 0.05) is 23.4 Å². The summed E-state index contributed by atoms with van der Waals surface area (Å²) in [6.07, 6.45) is 1.68. The van der Waals surface area contributed by atoms with Gasteiger partial charge in [-0.05, 0) is 48.9 Å². The van der Waals surface area contributed by atoms with Crippen LogP contribution in [0.1, 0.15) is 24.1 Å². The third-order valence-electron chi connectivity index (χ3n) is 6.61. The number of anilines is 1. The second-order valence-corrected chi connectivity index (χ2v) is 10.0. The zero-order chi connectivity index (χ0) is 25.7. The van der Waals surface area contributed by atoms with E-state index in [1.54, 1.807) is 41.8 Å². The van der Waals surface area contributed by atoms with E-state index in [-0.39, 0.29) is 17.2 Å². The SMILES string of the molecule is CC12N=c3s/c(=C/c4ccc([N+](=O)[O-])cc4)c(=O)n3C(c3ccccc3O1)C2C(=O)Nc1ccccc1. The van der Waals surface area contributed by atoms with E-state index < -0.39 is 22.6 Å². The fraction of sp³-hybridized carbons (Fsp3) is 0.148. The Balaban J connectivity index is 1.51. The van der Waals surface area contributed by atoms with Gasteiger partial charge in [-0.3, -0.25) is 24.3 Å². The molecule has 0 fully saturated rings. The number of benzene rings is 3. The number of nitro groups is 1. The molecule has 2 aliphatic rings. The van der Waals surface area contributed by atoms with Crippen LogP contribution >= 0.6 is 11.3 Å². The van der Waals surface area contributed by atoms with Gasteiger partial charge < -0.3 is 10.1 Å². The van der Waals surface area contributed by atoms with Gasteiger partial charge in [0.05, 0.1) is 15.5 Å². The smallest absolute Gasteiger partial charge is 0.270 e. The fourth-order valence-electron chi connectivity index (χ4n) is 4.93. The molecule has 0 saturated carbocycles. The molecule has 3 heterocycles. The van der Waals surface area contributed by atoms with E-state index in [0.717, 1.165) is 5.56 Å². The van der Waals surface area contributed by atoms with Gasteiger partial charge in [-0.15, -0.1) is 0 Å². The van der Waals surface area contributed by atoms with Crippen LogP contribution in [-0.2, 0) is 4.79 Å². The molecule has 1 aromatic heterocycles. The van der Waals surface area contributed by atoms with Crippen LogP contribution in [0.25, 0.3) is 6.08 Å².